The van der Waals surface area contributed by atoms with Gasteiger partial charge in [0, 0.05) is 5.56 Å². The highest BCUT2D eigenvalue weighted by Gasteiger charge is 2.16. The summed E-state index contributed by atoms with van der Waals surface area (Å²) in [5.74, 6) is 0.272. The molecule has 0 fully saturated rings. The number of halogens is 2. The molecule has 1 amide bonds. The van der Waals surface area contributed by atoms with Gasteiger partial charge in [-0.05, 0) is 45.8 Å². The molecule has 8 heteroatoms. The zero-order valence-corrected chi connectivity index (χ0v) is 15.4. The lowest BCUT2D eigenvalue weighted by molar-refractivity contribution is 0.0954. The Bertz CT molecular complexity index is 786. The van der Waals surface area contributed by atoms with Crippen LogP contribution in [0, 0.1) is 5.82 Å². The van der Waals surface area contributed by atoms with Gasteiger partial charge in [-0.25, -0.2) is 9.82 Å². The van der Waals surface area contributed by atoms with E-state index in [2.05, 4.69) is 26.5 Å². The lowest BCUT2D eigenvalue weighted by Gasteiger charge is -2.13. The van der Waals surface area contributed by atoms with Crippen molar-refractivity contribution in [1.29, 1.82) is 0 Å². The van der Waals surface area contributed by atoms with Crippen LogP contribution in [0.15, 0.2) is 39.9 Å². The van der Waals surface area contributed by atoms with Gasteiger partial charge in [0.05, 0.1) is 32.0 Å². The molecule has 25 heavy (non-hydrogen) atoms. The van der Waals surface area contributed by atoms with Gasteiger partial charge in [-0.15, -0.1) is 0 Å². The van der Waals surface area contributed by atoms with Crippen molar-refractivity contribution in [3.05, 3.63) is 51.7 Å². The summed E-state index contributed by atoms with van der Waals surface area (Å²) in [6.07, 6.45) is 1.40. The fourth-order valence-corrected chi connectivity index (χ4v) is 2.43. The van der Waals surface area contributed by atoms with Gasteiger partial charge in [0.15, 0.2) is 11.5 Å². The molecule has 1 N–H and O–H groups in total. The van der Waals surface area contributed by atoms with Crippen molar-refractivity contribution in [3.63, 3.8) is 0 Å². The number of carbonyl (C=O) groups excluding carboxylic acids is 1. The van der Waals surface area contributed by atoms with Crippen LogP contribution in [0.3, 0.4) is 0 Å². The SMILES string of the molecule is COc1cc(C(=O)N/N=C\c2ccc(F)c(Br)c2)cc(OC)c1OC. The van der Waals surface area contributed by atoms with E-state index in [4.69, 9.17) is 14.2 Å². The molecule has 0 spiro atoms. The first-order valence-corrected chi connectivity index (χ1v) is 7.88. The average molecular weight is 411 g/mol. The van der Waals surface area contributed by atoms with Gasteiger partial charge in [0.25, 0.3) is 5.91 Å². The van der Waals surface area contributed by atoms with Crippen LogP contribution in [0.25, 0.3) is 0 Å². The maximum Gasteiger partial charge on any atom is 0.271 e. The number of hydrogen-bond acceptors (Lipinski definition) is 5. The molecule has 0 aliphatic heterocycles. The Kier molecular flexibility index (Phi) is 6.35. The molecule has 2 aromatic rings. The molecule has 0 saturated heterocycles. The molecular formula is C17H16BrFN2O4. The molecule has 0 heterocycles. The molecule has 0 aromatic heterocycles. The van der Waals surface area contributed by atoms with Gasteiger partial charge in [-0.3, -0.25) is 4.79 Å². The first kappa shape index (κ1) is 18.7. The maximum absolute atomic E-state index is 13.2. The smallest absolute Gasteiger partial charge is 0.271 e. The van der Waals surface area contributed by atoms with Crippen LogP contribution in [0.1, 0.15) is 15.9 Å². The van der Waals surface area contributed by atoms with E-state index in [1.165, 1.54) is 51.8 Å². The second-order valence-corrected chi connectivity index (χ2v) is 5.64. The monoisotopic (exact) mass is 410 g/mol. The third-order valence-electron chi connectivity index (χ3n) is 3.25. The maximum atomic E-state index is 13.2. The van der Waals surface area contributed by atoms with Gasteiger partial charge in [-0.2, -0.15) is 5.10 Å². The molecule has 0 atom stereocenters. The van der Waals surface area contributed by atoms with E-state index in [1.807, 2.05) is 0 Å². The van der Waals surface area contributed by atoms with E-state index in [0.717, 1.165) is 0 Å². The summed E-state index contributed by atoms with van der Waals surface area (Å²) in [5, 5.41) is 3.86. The highest BCUT2D eigenvalue weighted by atomic mass is 79.9. The Labute approximate surface area is 152 Å². The average Bonchev–Trinajstić information content (AvgIpc) is 2.63. The van der Waals surface area contributed by atoms with E-state index in [-0.39, 0.29) is 11.4 Å². The van der Waals surface area contributed by atoms with Gasteiger partial charge >= 0.3 is 0 Å². The summed E-state index contributed by atoms with van der Waals surface area (Å²) < 4.78 is 29.1. The molecule has 0 aliphatic carbocycles. The quantitative estimate of drug-likeness (QED) is 0.585. The Morgan fingerprint density at radius 1 is 1.12 bits per heavy atom. The van der Waals surface area contributed by atoms with Crippen molar-refractivity contribution < 1.29 is 23.4 Å². The minimum absolute atomic E-state index is 0.284. The van der Waals surface area contributed by atoms with E-state index in [9.17, 15) is 9.18 Å². The van der Waals surface area contributed by atoms with E-state index in [1.54, 1.807) is 6.07 Å². The third-order valence-corrected chi connectivity index (χ3v) is 3.86. The molecule has 6 nitrogen and oxygen atoms in total. The van der Waals surface area contributed by atoms with Crippen LogP contribution in [0.2, 0.25) is 0 Å². The molecule has 2 rings (SSSR count). The van der Waals surface area contributed by atoms with E-state index < -0.39 is 5.91 Å². The number of nitrogens with one attached hydrogen (secondary N) is 1. The highest BCUT2D eigenvalue weighted by Crippen LogP contribution is 2.38. The summed E-state index contributed by atoms with van der Waals surface area (Å²) in [6.45, 7) is 0. The Balaban J connectivity index is 2.17. The van der Waals surface area contributed by atoms with Gasteiger partial charge < -0.3 is 14.2 Å². The minimum Gasteiger partial charge on any atom is -0.493 e. The molecule has 2 aromatic carbocycles. The Hall–Kier alpha value is -2.61. The normalized spacial score (nSPS) is 10.6. The minimum atomic E-state index is -0.461. The third kappa shape index (κ3) is 4.48. The summed E-state index contributed by atoms with van der Waals surface area (Å²) >= 11 is 3.09. The van der Waals surface area contributed by atoms with Crippen LogP contribution in [0.5, 0.6) is 17.2 Å². The highest BCUT2D eigenvalue weighted by molar-refractivity contribution is 9.10. The number of benzene rings is 2. The first-order valence-electron chi connectivity index (χ1n) is 7.08. The molecule has 0 saturated carbocycles. The van der Waals surface area contributed by atoms with Gasteiger partial charge in [0.1, 0.15) is 5.82 Å². The van der Waals surface area contributed by atoms with Crippen molar-refractivity contribution in [2.24, 2.45) is 5.10 Å². The van der Waals surface area contributed by atoms with Crippen molar-refractivity contribution in [3.8, 4) is 17.2 Å². The second kappa shape index (κ2) is 8.48. The van der Waals surface area contributed by atoms with Crippen LogP contribution in [0.4, 0.5) is 4.39 Å². The number of amides is 1. The first-order chi connectivity index (χ1) is 12.0. The summed E-state index contributed by atoms with van der Waals surface area (Å²) in [5.41, 5.74) is 3.30. The fraction of sp³-hybridized carbons (Fsp3) is 0.176. The number of rotatable bonds is 6. The van der Waals surface area contributed by atoms with Crippen LogP contribution in [-0.2, 0) is 0 Å². The Morgan fingerprint density at radius 2 is 1.76 bits per heavy atom. The fourth-order valence-electron chi connectivity index (χ4n) is 2.03. The molecule has 0 unspecified atom stereocenters. The standard InChI is InChI=1S/C17H16BrFN2O4/c1-23-14-7-11(8-15(24-2)16(14)25-3)17(22)21-20-9-10-4-5-13(19)12(18)6-10/h4-9H,1-3H3,(H,21,22)/b20-9-. The van der Waals surface area contributed by atoms with Crippen LogP contribution in [-0.4, -0.2) is 33.5 Å². The van der Waals surface area contributed by atoms with Crippen molar-refractivity contribution in [2.75, 3.05) is 21.3 Å². The van der Waals surface area contributed by atoms with Crippen molar-refractivity contribution in [2.45, 2.75) is 0 Å². The molecule has 0 radical (unpaired) electrons. The zero-order valence-electron chi connectivity index (χ0n) is 13.8. The number of methoxy groups -OCH3 is 3. The predicted molar refractivity (Wildman–Crippen MR) is 95.3 cm³/mol. The Morgan fingerprint density at radius 3 is 2.28 bits per heavy atom. The van der Waals surface area contributed by atoms with Gasteiger partial charge in [0.2, 0.25) is 5.75 Å². The molecular weight excluding hydrogens is 395 g/mol. The van der Waals surface area contributed by atoms with Crippen molar-refractivity contribution in [1.82, 2.24) is 5.43 Å². The number of carbonyl (C=O) groups is 1. The van der Waals surface area contributed by atoms with Crippen LogP contribution >= 0.6 is 15.9 Å². The molecule has 0 bridgehead atoms. The lowest BCUT2D eigenvalue weighted by Crippen LogP contribution is -2.18. The van der Waals surface area contributed by atoms with Crippen LogP contribution < -0.4 is 19.6 Å². The summed E-state index contributed by atoms with van der Waals surface area (Å²) in [6, 6.07) is 7.41. The lowest BCUT2D eigenvalue weighted by atomic mass is 10.1. The summed E-state index contributed by atoms with van der Waals surface area (Å²) in [7, 11) is 4.40. The van der Waals surface area contributed by atoms with Crippen molar-refractivity contribution >= 4 is 28.1 Å². The topological polar surface area (TPSA) is 69.2 Å². The molecule has 132 valence electrons. The number of hydrogen-bond donors (Lipinski definition) is 1. The number of ether oxygens (including phenoxy) is 3. The van der Waals surface area contributed by atoms with E-state index >= 15 is 0 Å². The number of hydrazone groups is 1. The summed E-state index contributed by atoms with van der Waals surface area (Å²) in [4.78, 5) is 12.2. The molecule has 0 aliphatic rings. The van der Waals surface area contributed by atoms with Gasteiger partial charge in [-0.1, -0.05) is 6.07 Å². The van der Waals surface area contributed by atoms with E-state index in [0.29, 0.717) is 27.3 Å². The zero-order chi connectivity index (χ0) is 18.4. The largest absolute Gasteiger partial charge is 0.493 e. The second-order valence-electron chi connectivity index (χ2n) is 4.79. The predicted octanol–water partition coefficient (Wildman–Crippen LogP) is 3.38. The number of nitrogens with zero attached hydrogens (tertiary/aromatic N) is 1.